The first-order valence-corrected chi connectivity index (χ1v) is 9.60. The molecule has 8 nitrogen and oxygen atoms in total. The Kier molecular flexibility index (Phi) is 5.24. The number of carbonyl (C=O) groups excluding carboxylic acids is 1. The maximum Gasteiger partial charge on any atom is 0.338 e. The molecule has 4 rings (SSSR count). The number of anilines is 1. The molecule has 152 valence electrons. The summed E-state index contributed by atoms with van der Waals surface area (Å²) in [7, 11) is 0. The van der Waals surface area contributed by atoms with E-state index in [2.05, 4.69) is 6.92 Å². The van der Waals surface area contributed by atoms with Crippen molar-refractivity contribution in [3.63, 3.8) is 0 Å². The van der Waals surface area contributed by atoms with Gasteiger partial charge >= 0.3 is 5.97 Å². The van der Waals surface area contributed by atoms with Crippen LogP contribution in [0.4, 0.5) is 11.4 Å². The molecule has 1 atom stereocenters. The number of hydrogen-bond acceptors (Lipinski definition) is 7. The van der Waals surface area contributed by atoms with Gasteiger partial charge in [-0.1, -0.05) is 13.0 Å². The molecule has 0 N–H and O–H groups in total. The fraction of sp³-hybridized carbons (Fsp3) is 0.381. The summed E-state index contributed by atoms with van der Waals surface area (Å²) in [6.45, 7) is 3.90. The van der Waals surface area contributed by atoms with Crippen LogP contribution in [0.25, 0.3) is 0 Å². The summed E-state index contributed by atoms with van der Waals surface area (Å²) in [6.07, 6.45) is 2.12. The molecule has 0 saturated carbocycles. The normalized spacial score (nSPS) is 17.8. The van der Waals surface area contributed by atoms with Crippen molar-refractivity contribution in [3.8, 4) is 11.5 Å². The zero-order chi connectivity index (χ0) is 20.4. The predicted octanol–water partition coefficient (Wildman–Crippen LogP) is 3.92. The summed E-state index contributed by atoms with van der Waals surface area (Å²) >= 11 is 0. The van der Waals surface area contributed by atoms with Crippen LogP contribution < -0.4 is 14.4 Å². The largest absolute Gasteiger partial charge is 0.457 e. The van der Waals surface area contributed by atoms with E-state index in [9.17, 15) is 14.9 Å². The van der Waals surface area contributed by atoms with E-state index >= 15 is 0 Å². The molecule has 1 fully saturated rings. The summed E-state index contributed by atoms with van der Waals surface area (Å²) in [5.41, 5.74) is 1.38. The van der Waals surface area contributed by atoms with Crippen molar-refractivity contribution < 1.29 is 23.9 Å². The van der Waals surface area contributed by atoms with Crippen LogP contribution in [0.1, 0.15) is 35.7 Å². The van der Waals surface area contributed by atoms with Crippen LogP contribution in [0.5, 0.6) is 11.5 Å². The predicted molar refractivity (Wildman–Crippen MR) is 105 cm³/mol. The number of nitro benzene ring substituents is 1. The highest BCUT2D eigenvalue weighted by Crippen LogP contribution is 2.34. The number of rotatable bonds is 5. The smallest absolute Gasteiger partial charge is 0.338 e. The van der Waals surface area contributed by atoms with Crippen LogP contribution >= 0.6 is 0 Å². The van der Waals surface area contributed by atoms with Crippen LogP contribution in [0, 0.1) is 16.0 Å². The highest BCUT2D eigenvalue weighted by molar-refractivity contribution is 5.91. The first-order chi connectivity index (χ1) is 14.0. The number of benzene rings is 2. The fourth-order valence-corrected chi connectivity index (χ4v) is 3.74. The minimum Gasteiger partial charge on any atom is -0.457 e. The Morgan fingerprint density at radius 1 is 1.24 bits per heavy atom. The molecule has 2 aliphatic rings. The Morgan fingerprint density at radius 2 is 2.07 bits per heavy atom. The number of piperidine rings is 1. The van der Waals surface area contributed by atoms with Gasteiger partial charge in [-0.3, -0.25) is 10.1 Å². The SMILES string of the molecule is C[C@@H]1CCCN(c2ccc(C(=O)OCc3ccc4c(c3)OCO4)cc2[N+](=O)[O-])C1. The van der Waals surface area contributed by atoms with Crippen molar-refractivity contribution in [1.29, 1.82) is 0 Å². The zero-order valence-corrected chi connectivity index (χ0v) is 16.1. The summed E-state index contributed by atoms with van der Waals surface area (Å²) < 4.78 is 15.9. The number of hydrogen-bond donors (Lipinski definition) is 0. The Bertz CT molecular complexity index is 945. The standard InChI is InChI=1S/C21H22N2O6/c1-14-3-2-8-22(11-14)17-6-5-16(10-18(17)23(25)26)21(24)27-12-15-4-7-19-20(9-15)29-13-28-19/h4-7,9-10,14H,2-3,8,11-13H2,1H3/t14-/m1/s1. The van der Waals surface area contributed by atoms with E-state index in [0.717, 1.165) is 31.5 Å². The minimum atomic E-state index is -0.607. The van der Waals surface area contributed by atoms with E-state index < -0.39 is 10.9 Å². The molecule has 0 spiro atoms. The van der Waals surface area contributed by atoms with Gasteiger partial charge in [0.25, 0.3) is 5.69 Å². The average molecular weight is 398 g/mol. The van der Waals surface area contributed by atoms with Gasteiger partial charge in [-0.25, -0.2) is 4.79 Å². The molecule has 29 heavy (non-hydrogen) atoms. The number of nitrogens with zero attached hydrogens (tertiary/aromatic N) is 2. The van der Waals surface area contributed by atoms with Crippen molar-refractivity contribution in [3.05, 3.63) is 57.6 Å². The van der Waals surface area contributed by atoms with E-state index in [1.165, 1.54) is 6.07 Å². The molecule has 0 aromatic heterocycles. The van der Waals surface area contributed by atoms with E-state index in [0.29, 0.717) is 23.1 Å². The molecular formula is C21H22N2O6. The number of fused-ring (bicyclic) bond motifs is 1. The Labute approximate surface area is 168 Å². The Balaban J connectivity index is 1.48. The topological polar surface area (TPSA) is 91.1 Å². The maximum absolute atomic E-state index is 12.5. The van der Waals surface area contributed by atoms with Gasteiger partial charge in [0.05, 0.1) is 10.5 Å². The molecule has 2 aromatic carbocycles. The van der Waals surface area contributed by atoms with Gasteiger partial charge in [-0.05, 0) is 48.6 Å². The summed E-state index contributed by atoms with van der Waals surface area (Å²) in [6, 6.07) is 9.82. The van der Waals surface area contributed by atoms with Crippen molar-refractivity contribution in [2.75, 3.05) is 24.8 Å². The van der Waals surface area contributed by atoms with Crippen molar-refractivity contribution in [1.82, 2.24) is 0 Å². The van der Waals surface area contributed by atoms with Gasteiger partial charge in [0.15, 0.2) is 11.5 Å². The third-order valence-electron chi connectivity index (χ3n) is 5.21. The second-order valence-electron chi connectivity index (χ2n) is 7.42. The maximum atomic E-state index is 12.5. The molecule has 2 heterocycles. The highest BCUT2D eigenvalue weighted by Gasteiger charge is 2.25. The van der Waals surface area contributed by atoms with Gasteiger partial charge in [0.1, 0.15) is 12.3 Å². The van der Waals surface area contributed by atoms with E-state index in [4.69, 9.17) is 14.2 Å². The van der Waals surface area contributed by atoms with E-state index in [1.807, 2.05) is 4.90 Å². The lowest BCUT2D eigenvalue weighted by Gasteiger charge is -2.32. The average Bonchev–Trinajstić information content (AvgIpc) is 3.19. The molecule has 0 unspecified atom stereocenters. The van der Waals surface area contributed by atoms with Gasteiger partial charge in [0, 0.05) is 19.2 Å². The number of carbonyl (C=O) groups is 1. The number of ether oxygens (including phenoxy) is 3. The lowest BCUT2D eigenvalue weighted by Crippen LogP contribution is -2.34. The Hall–Kier alpha value is -3.29. The van der Waals surface area contributed by atoms with Crippen LogP contribution in [-0.2, 0) is 11.3 Å². The van der Waals surface area contributed by atoms with Gasteiger partial charge in [0.2, 0.25) is 6.79 Å². The van der Waals surface area contributed by atoms with Crippen molar-refractivity contribution >= 4 is 17.3 Å². The lowest BCUT2D eigenvalue weighted by molar-refractivity contribution is -0.384. The van der Waals surface area contributed by atoms with Gasteiger partial charge in [-0.2, -0.15) is 0 Å². The molecule has 2 aromatic rings. The molecule has 0 radical (unpaired) electrons. The van der Waals surface area contributed by atoms with Crippen LogP contribution in [-0.4, -0.2) is 30.8 Å². The van der Waals surface area contributed by atoms with Crippen LogP contribution in [0.2, 0.25) is 0 Å². The molecule has 0 aliphatic carbocycles. The third kappa shape index (κ3) is 4.11. The van der Waals surface area contributed by atoms with Crippen molar-refractivity contribution in [2.45, 2.75) is 26.4 Å². The Morgan fingerprint density at radius 3 is 2.86 bits per heavy atom. The number of nitro groups is 1. The van der Waals surface area contributed by atoms with E-state index in [1.54, 1.807) is 30.3 Å². The van der Waals surface area contributed by atoms with Gasteiger partial charge in [-0.15, -0.1) is 0 Å². The van der Waals surface area contributed by atoms with Gasteiger partial charge < -0.3 is 19.1 Å². The molecule has 2 aliphatic heterocycles. The lowest BCUT2D eigenvalue weighted by atomic mass is 9.99. The highest BCUT2D eigenvalue weighted by atomic mass is 16.7. The van der Waals surface area contributed by atoms with Crippen LogP contribution in [0.15, 0.2) is 36.4 Å². The third-order valence-corrected chi connectivity index (χ3v) is 5.21. The second-order valence-corrected chi connectivity index (χ2v) is 7.42. The second kappa shape index (κ2) is 7.98. The monoisotopic (exact) mass is 398 g/mol. The fourth-order valence-electron chi connectivity index (χ4n) is 3.74. The number of esters is 1. The summed E-state index contributed by atoms with van der Waals surface area (Å²) in [5.74, 6) is 1.13. The quantitative estimate of drug-likeness (QED) is 0.428. The minimum absolute atomic E-state index is 0.0364. The molecule has 0 bridgehead atoms. The molecule has 8 heteroatoms. The molecular weight excluding hydrogens is 376 g/mol. The zero-order valence-electron chi connectivity index (χ0n) is 16.1. The van der Waals surface area contributed by atoms with E-state index in [-0.39, 0.29) is 24.7 Å². The molecule has 1 saturated heterocycles. The summed E-state index contributed by atoms with van der Waals surface area (Å²) in [5, 5.41) is 11.6. The first-order valence-electron chi connectivity index (χ1n) is 9.60. The summed E-state index contributed by atoms with van der Waals surface area (Å²) in [4.78, 5) is 25.6. The molecule has 0 amide bonds. The first kappa shape index (κ1) is 19.0. The van der Waals surface area contributed by atoms with Crippen LogP contribution in [0.3, 0.4) is 0 Å². The van der Waals surface area contributed by atoms with Crippen molar-refractivity contribution in [2.24, 2.45) is 5.92 Å².